The maximum absolute atomic E-state index is 13.0. The summed E-state index contributed by atoms with van der Waals surface area (Å²) < 4.78 is 156. The fraction of sp³-hybridized carbons (Fsp3) is 0.368. The Bertz CT molecular complexity index is 878. The molecule has 0 saturated carbocycles. The van der Waals surface area contributed by atoms with Gasteiger partial charge in [0, 0.05) is 0 Å². The molecule has 0 aliphatic heterocycles. The molecule has 15 heteroatoms. The van der Waals surface area contributed by atoms with Crippen LogP contribution in [0.5, 0.6) is 0 Å². The van der Waals surface area contributed by atoms with Crippen molar-refractivity contribution in [3.05, 3.63) is 69.8 Å². The van der Waals surface area contributed by atoms with Gasteiger partial charge in [-0.1, -0.05) is 0 Å². The minimum atomic E-state index is -5.30. The highest BCUT2D eigenvalue weighted by Crippen LogP contribution is 2.40. The van der Waals surface area contributed by atoms with Crippen LogP contribution in [0.25, 0.3) is 0 Å². The summed E-state index contributed by atoms with van der Waals surface area (Å²) in [7, 11) is 0.663. The topological polar surface area (TPSA) is 43.7 Å². The lowest BCUT2D eigenvalue weighted by Crippen LogP contribution is -2.30. The quantitative estimate of drug-likeness (QED) is 0.367. The summed E-state index contributed by atoms with van der Waals surface area (Å²) in [6.45, 7) is 0. The molecule has 34 heavy (non-hydrogen) atoms. The molecule has 0 saturated heterocycles. The van der Waals surface area contributed by atoms with E-state index in [9.17, 15) is 62.9 Å². The molecule has 0 aliphatic rings. The second kappa shape index (κ2) is 8.92. The summed E-state index contributed by atoms with van der Waals surface area (Å²) in [5.74, 6) is 0. The summed E-state index contributed by atoms with van der Waals surface area (Å²) in [5, 5.41) is 20.5. The number of alkyl halides is 12. The van der Waals surface area contributed by atoms with E-state index in [-0.39, 0.29) is 41.3 Å². The van der Waals surface area contributed by atoms with E-state index in [2.05, 4.69) is 0 Å². The number of benzene rings is 2. The van der Waals surface area contributed by atoms with Gasteiger partial charge >= 0.3 is 24.7 Å². The van der Waals surface area contributed by atoms with Gasteiger partial charge in [0.25, 0.3) is 0 Å². The van der Waals surface area contributed by atoms with Gasteiger partial charge in [-0.15, -0.1) is 0 Å². The lowest BCUT2D eigenvalue weighted by atomic mass is 10.0. The van der Waals surface area contributed by atoms with Gasteiger partial charge < -0.3 is 10.2 Å². The monoisotopic (exact) mass is 515 g/mol. The third-order valence-corrected chi connectivity index (χ3v) is 4.59. The molecule has 2 aromatic rings. The molecular formula is C19H13F12NO2. The largest absolute Gasteiger partial charge is 0.416 e. The highest BCUT2D eigenvalue weighted by molar-refractivity contribution is 5.36. The highest BCUT2D eigenvalue weighted by Gasteiger charge is 2.40. The third kappa shape index (κ3) is 6.33. The van der Waals surface area contributed by atoms with E-state index in [1.165, 1.54) is 0 Å². The molecule has 2 aromatic carbocycles. The Hall–Kier alpha value is -2.52. The summed E-state index contributed by atoms with van der Waals surface area (Å²) in [6.07, 6.45) is -26.2. The van der Waals surface area contributed by atoms with Gasteiger partial charge in [-0.3, -0.25) is 0 Å². The van der Waals surface area contributed by atoms with E-state index >= 15 is 0 Å². The molecule has 0 amide bonds. The molecule has 190 valence electrons. The smallest absolute Gasteiger partial charge is 0.374 e. The summed E-state index contributed by atoms with van der Waals surface area (Å²) in [5.41, 5.74) is -9.50. The van der Waals surface area contributed by atoms with Crippen LogP contribution in [0.3, 0.4) is 0 Å². The van der Waals surface area contributed by atoms with Crippen molar-refractivity contribution in [2.75, 3.05) is 7.05 Å². The highest BCUT2D eigenvalue weighted by atomic mass is 19.4. The van der Waals surface area contributed by atoms with Crippen LogP contribution in [-0.2, 0) is 24.7 Å². The number of hydrogen-bond donors (Lipinski definition) is 2. The molecule has 2 atom stereocenters. The van der Waals surface area contributed by atoms with Crippen molar-refractivity contribution in [1.82, 2.24) is 4.90 Å². The van der Waals surface area contributed by atoms with Crippen molar-refractivity contribution in [1.29, 1.82) is 0 Å². The molecular weight excluding hydrogens is 502 g/mol. The Labute approximate surface area is 182 Å². The average Bonchev–Trinajstić information content (AvgIpc) is 2.68. The Morgan fingerprint density at radius 3 is 0.882 bits per heavy atom. The van der Waals surface area contributed by atoms with E-state index < -0.39 is 70.5 Å². The van der Waals surface area contributed by atoms with Crippen LogP contribution in [0.1, 0.15) is 45.8 Å². The van der Waals surface area contributed by atoms with Crippen LogP contribution < -0.4 is 0 Å². The predicted molar refractivity (Wildman–Crippen MR) is 90.6 cm³/mol. The Morgan fingerprint density at radius 1 is 0.500 bits per heavy atom. The van der Waals surface area contributed by atoms with Crippen LogP contribution >= 0.6 is 0 Å². The molecule has 2 N–H and O–H groups in total. The van der Waals surface area contributed by atoms with Gasteiger partial charge in [0.2, 0.25) is 0 Å². The van der Waals surface area contributed by atoms with Crippen LogP contribution in [-0.4, -0.2) is 22.2 Å². The third-order valence-electron chi connectivity index (χ3n) is 4.59. The van der Waals surface area contributed by atoms with Gasteiger partial charge in [0.15, 0.2) is 0 Å². The van der Waals surface area contributed by atoms with E-state index in [4.69, 9.17) is 0 Å². The van der Waals surface area contributed by atoms with Crippen molar-refractivity contribution in [2.45, 2.75) is 37.2 Å². The zero-order valence-corrected chi connectivity index (χ0v) is 16.5. The second-order valence-corrected chi connectivity index (χ2v) is 7.09. The van der Waals surface area contributed by atoms with Gasteiger partial charge in [0.05, 0.1) is 22.3 Å². The first-order valence-corrected chi connectivity index (χ1v) is 8.79. The maximum atomic E-state index is 13.0. The zero-order chi connectivity index (χ0) is 26.4. The molecule has 0 aliphatic carbocycles. The Balaban J connectivity index is 2.55. The van der Waals surface area contributed by atoms with Crippen LogP contribution in [0.15, 0.2) is 36.4 Å². The number of aliphatic hydroxyl groups excluding tert-OH is 2. The van der Waals surface area contributed by atoms with E-state index in [1.54, 1.807) is 0 Å². The molecule has 0 fully saturated rings. The van der Waals surface area contributed by atoms with Gasteiger partial charge in [-0.25, -0.2) is 4.90 Å². The van der Waals surface area contributed by atoms with Crippen LogP contribution in [0, 0.1) is 0 Å². The standard InChI is InChI=1S/C19H13F12NO2/c1-32(14(33)8-2-10(16(20,21)22)6-11(3-8)17(23,24)25)15(34)9-4-12(18(26,27)28)7-13(5-9)19(29,30)31/h2-7,14-15,33-34H,1H3. The SMILES string of the molecule is CN(C(O)c1cc(C(F)(F)F)cc(C(F)(F)F)c1)C(O)c1cc(C(F)(F)F)cc(C(F)(F)F)c1. The Kier molecular flexibility index (Phi) is 7.28. The number of halogens is 12. The fourth-order valence-corrected chi connectivity index (χ4v) is 2.86. The first-order chi connectivity index (χ1) is 15.1. The lowest BCUT2D eigenvalue weighted by molar-refractivity contribution is -0.144. The van der Waals surface area contributed by atoms with Gasteiger partial charge in [0.1, 0.15) is 12.5 Å². The number of rotatable bonds is 4. The van der Waals surface area contributed by atoms with Gasteiger partial charge in [-0.2, -0.15) is 52.7 Å². The lowest BCUT2D eigenvalue weighted by Gasteiger charge is -2.30. The van der Waals surface area contributed by atoms with E-state index in [0.29, 0.717) is 7.05 Å². The van der Waals surface area contributed by atoms with Crippen molar-refractivity contribution >= 4 is 0 Å². The van der Waals surface area contributed by atoms with Gasteiger partial charge in [-0.05, 0) is 54.6 Å². The van der Waals surface area contributed by atoms with E-state index in [0.717, 1.165) is 0 Å². The molecule has 0 heterocycles. The molecule has 3 nitrogen and oxygen atoms in total. The van der Waals surface area contributed by atoms with E-state index in [1.807, 2.05) is 0 Å². The van der Waals surface area contributed by atoms with Crippen LogP contribution in [0.2, 0.25) is 0 Å². The predicted octanol–water partition coefficient (Wildman–Crippen LogP) is 6.38. The molecule has 0 bridgehead atoms. The Morgan fingerprint density at radius 2 is 0.706 bits per heavy atom. The van der Waals surface area contributed by atoms with Crippen molar-refractivity contribution in [3.8, 4) is 0 Å². The zero-order valence-electron chi connectivity index (χ0n) is 16.5. The minimum absolute atomic E-state index is 0.0937. The maximum Gasteiger partial charge on any atom is 0.416 e. The van der Waals surface area contributed by atoms with Crippen molar-refractivity contribution in [2.24, 2.45) is 0 Å². The molecule has 2 rings (SSSR count). The molecule has 0 aromatic heterocycles. The van der Waals surface area contributed by atoms with Crippen molar-refractivity contribution < 1.29 is 62.9 Å². The number of hydrogen-bond acceptors (Lipinski definition) is 3. The average molecular weight is 515 g/mol. The number of nitrogens with zero attached hydrogens (tertiary/aromatic N) is 1. The number of aliphatic hydroxyl groups is 2. The molecule has 2 unspecified atom stereocenters. The normalized spacial score (nSPS) is 15.5. The first kappa shape index (κ1) is 27.7. The summed E-state index contributed by atoms with van der Waals surface area (Å²) >= 11 is 0. The fourth-order valence-electron chi connectivity index (χ4n) is 2.86. The van der Waals surface area contributed by atoms with Crippen molar-refractivity contribution in [3.63, 3.8) is 0 Å². The molecule has 0 spiro atoms. The second-order valence-electron chi connectivity index (χ2n) is 7.09. The summed E-state index contributed by atoms with van der Waals surface area (Å²) in [6, 6.07) is -0.135. The molecule has 0 radical (unpaired) electrons. The minimum Gasteiger partial charge on any atom is -0.374 e. The summed E-state index contributed by atoms with van der Waals surface area (Å²) in [4.78, 5) is 0.186. The first-order valence-electron chi connectivity index (χ1n) is 8.79. The van der Waals surface area contributed by atoms with Crippen LogP contribution in [0.4, 0.5) is 52.7 Å².